The largest absolute Gasteiger partial charge is 0.317 e. The number of nitrogens with zero attached hydrogens (tertiary/aromatic N) is 5. The van der Waals surface area contributed by atoms with Crippen molar-refractivity contribution in [2.45, 2.75) is 25.7 Å². The van der Waals surface area contributed by atoms with Crippen LogP contribution in [0, 0.1) is 6.92 Å². The van der Waals surface area contributed by atoms with Crippen molar-refractivity contribution < 1.29 is 0 Å². The lowest BCUT2D eigenvalue weighted by Gasteiger charge is -2.20. The van der Waals surface area contributed by atoms with Crippen molar-refractivity contribution in [3.05, 3.63) is 42.1 Å². The van der Waals surface area contributed by atoms with Gasteiger partial charge in [0.1, 0.15) is 5.69 Å². The van der Waals surface area contributed by atoms with Crippen molar-refractivity contribution in [3.8, 4) is 10.6 Å². The summed E-state index contributed by atoms with van der Waals surface area (Å²) in [6.45, 7) is 4.17. The van der Waals surface area contributed by atoms with Crippen LogP contribution in [0.1, 0.15) is 30.1 Å². The highest BCUT2D eigenvalue weighted by Gasteiger charge is 2.19. The maximum atomic E-state index is 4.86. The number of rotatable bonds is 2. The van der Waals surface area contributed by atoms with Crippen molar-refractivity contribution in [2.75, 3.05) is 13.1 Å². The molecular formula is C17H18N6S. The lowest BCUT2D eigenvalue weighted by molar-refractivity contribution is 0.454. The van der Waals surface area contributed by atoms with Crippen LogP contribution in [0.25, 0.3) is 21.2 Å². The maximum absolute atomic E-state index is 4.86. The molecule has 6 nitrogen and oxygen atoms in total. The second-order valence-corrected chi connectivity index (χ2v) is 7.39. The van der Waals surface area contributed by atoms with Crippen LogP contribution in [0.15, 0.2) is 30.7 Å². The van der Waals surface area contributed by atoms with Gasteiger partial charge in [0.2, 0.25) is 0 Å². The van der Waals surface area contributed by atoms with Crippen molar-refractivity contribution in [1.29, 1.82) is 0 Å². The van der Waals surface area contributed by atoms with Crippen molar-refractivity contribution in [3.63, 3.8) is 0 Å². The first-order valence-corrected chi connectivity index (χ1v) is 9.10. The summed E-state index contributed by atoms with van der Waals surface area (Å²) in [5, 5.41) is 8.08. The summed E-state index contributed by atoms with van der Waals surface area (Å²) < 4.78 is 3.98. The van der Waals surface area contributed by atoms with Crippen LogP contribution in [0.5, 0.6) is 0 Å². The van der Waals surface area contributed by atoms with Crippen molar-refractivity contribution in [1.82, 2.24) is 29.3 Å². The third-order valence-electron chi connectivity index (χ3n) is 4.62. The summed E-state index contributed by atoms with van der Waals surface area (Å²) in [5.74, 6) is 0.588. The van der Waals surface area contributed by atoms with Gasteiger partial charge in [-0.2, -0.15) is 5.10 Å². The first-order valence-electron chi connectivity index (χ1n) is 8.29. The molecule has 5 heterocycles. The zero-order valence-electron chi connectivity index (χ0n) is 13.4. The first-order chi connectivity index (χ1) is 11.8. The highest BCUT2D eigenvalue weighted by Crippen LogP contribution is 2.30. The van der Waals surface area contributed by atoms with E-state index in [4.69, 9.17) is 4.98 Å². The van der Waals surface area contributed by atoms with Crippen LogP contribution >= 0.6 is 11.3 Å². The van der Waals surface area contributed by atoms with Crippen LogP contribution in [0.4, 0.5) is 0 Å². The molecule has 1 aliphatic rings. The molecule has 0 amide bonds. The molecule has 0 unspecified atom stereocenters. The predicted molar refractivity (Wildman–Crippen MR) is 94.6 cm³/mol. The van der Waals surface area contributed by atoms with E-state index >= 15 is 0 Å². The molecule has 4 aromatic rings. The van der Waals surface area contributed by atoms with Gasteiger partial charge < -0.3 is 5.32 Å². The van der Waals surface area contributed by atoms with E-state index in [2.05, 4.69) is 32.2 Å². The fourth-order valence-corrected chi connectivity index (χ4v) is 4.32. The van der Waals surface area contributed by atoms with Gasteiger partial charge in [0.15, 0.2) is 10.6 Å². The minimum absolute atomic E-state index is 0.588. The van der Waals surface area contributed by atoms with Gasteiger partial charge in [-0.25, -0.2) is 14.5 Å². The molecule has 24 heavy (non-hydrogen) atoms. The molecular weight excluding hydrogens is 320 g/mol. The van der Waals surface area contributed by atoms with Crippen molar-refractivity contribution in [2.24, 2.45) is 0 Å². The van der Waals surface area contributed by atoms with E-state index in [1.54, 1.807) is 11.3 Å². The Bertz CT molecular complexity index is 989. The number of hydrogen-bond donors (Lipinski definition) is 1. The van der Waals surface area contributed by atoms with Gasteiger partial charge in [-0.1, -0.05) is 11.3 Å². The number of nitrogens with one attached hydrogen (secondary N) is 1. The summed E-state index contributed by atoms with van der Waals surface area (Å²) in [6, 6.07) is 4.04. The fraction of sp³-hybridized carbons (Fsp3) is 0.353. The standard InChI is InChI=1S/C17H18N6S/c1-11-8-23-16(19-11)3-2-13(21-23)15-10-22-9-14(20-17(22)24-15)12-4-6-18-7-5-12/h2-3,8-10,12,18H,4-7H2,1H3. The molecule has 0 aliphatic carbocycles. The molecule has 0 atom stereocenters. The van der Waals surface area contributed by atoms with Crippen LogP contribution in [0.3, 0.4) is 0 Å². The van der Waals surface area contributed by atoms with E-state index in [1.807, 2.05) is 29.8 Å². The van der Waals surface area contributed by atoms with Gasteiger partial charge >= 0.3 is 0 Å². The van der Waals surface area contributed by atoms with E-state index < -0.39 is 0 Å². The second kappa shape index (κ2) is 5.39. The highest BCUT2D eigenvalue weighted by atomic mass is 32.1. The summed E-state index contributed by atoms with van der Waals surface area (Å²) in [6.07, 6.45) is 8.62. The molecule has 0 bridgehead atoms. The predicted octanol–water partition coefficient (Wildman–Crippen LogP) is 2.88. The number of fused-ring (bicyclic) bond motifs is 2. The molecule has 0 saturated carbocycles. The van der Waals surface area contributed by atoms with Crippen LogP contribution in [-0.4, -0.2) is 37.1 Å². The van der Waals surface area contributed by atoms with Gasteiger partial charge in [-0.3, -0.25) is 4.40 Å². The summed E-state index contributed by atoms with van der Waals surface area (Å²) in [5.41, 5.74) is 4.04. The highest BCUT2D eigenvalue weighted by molar-refractivity contribution is 7.20. The van der Waals surface area contributed by atoms with Gasteiger partial charge in [-0.15, -0.1) is 0 Å². The third-order valence-corrected chi connectivity index (χ3v) is 5.64. The van der Waals surface area contributed by atoms with Gasteiger partial charge in [0.05, 0.1) is 22.5 Å². The maximum Gasteiger partial charge on any atom is 0.194 e. The van der Waals surface area contributed by atoms with Crippen LogP contribution in [-0.2, 0) is 0 Å². The molecule has 1 N–H and O–H groups in total. The van der Waals surface area contributed by atoms with Gasteiger partial charge in [0.25, 0.3) is 0 Å². The fourth-order valence-electron chi connectivity index (χ4n) is 3.38. The zero-order valence-corrected chi connectivity index (χ0v) is 14.3. The van der Waals surface area contributed by atoms with E-state index in [1.165, 1.54) is 18.5 Å². The molecule has 1 saturated heterocycles. The molecule has 7 heteroatoms. The normalized spacial score (nSPS) is 16.4. The Morgan fingerprint density at radius 2 is 2.00 bits per heavy atom. The average molecular weight is 338 g/mol. The lowest BCUT2D eigenvalue weighted by Crippen LogP contribution is -2.26. The molecule has 4 aromatic heterocycles. The number of aromatic nitrogens is 5. The quantitative estimate of drug-likeness (QED) is 0.610. The first kappa shape index (κ1) is 14.1. The molecule has 0 spiro atoms. The molecule has 1 aliphatic heterocycles. The Balaban J connectivity index is 1.51. The Labute approximate surface area is 143 Å². The molecule has 0 aromatic carbocycles. The van der Waals surface area contributed by atoms with Gasteiger partial charge in [-0.05, 0) is 45.0 Å². The second-order valence-electron chi connectivity index (χ2n) is 6.38. The summed E-state index contributed by atoms with van der Waals surface area (Å²) >= 11 is 1.69. The van der Waals surface area contributed by atoms with Crippen LogP contribution in [0.2, 0.25) is 0 Å². The number of thiazole rings is 1. The molecule has 1 fully saturated rings. The lowest BCUT2D eigenvalue weighted by atomic mass is 9.95. The smallest absolute Gasteiger partial charge is 0.194 e. The zero-order chi connectivity index (χ0) is 16.1. The monoisotopic (exact) mass is 338 g/mol. The van der Waals surface area contributed by atoms with E-state index in [0.717, 1.165) is 40.0 Å². The Kier molecular flexibility index (Phi) is 3.17. The minimum Gasteiger partial charge on any atom is -0.317 e. The number of piperidine rings is 1. The summed E-state index contributed by atoms with van der Waals surface area (Å²) in [4.78, 5) is 11.5. The van der Waals surface area contributed by atoms with E-state index in [9.17, 15) is 0 Å². The van der Waals surface area contributed by atoms with E-state index in [-0.39, 0.29) is 0 Å². The third kappa shape index (κ3) is 2.32. The molecule has 122 valence electrons. The topological polar surface area (TPSA) is 59.5 Å². The minimum atomic E-state index is 0.588. The van der Waals surface area contributed by atoms with Gasteiger partial charge in [0, 0.05) is 18.3 Å². The number of hydrogen-bond acceptors (Lipinski definition) is 5. The summed E-state index contributed by atoms with van der Waals surface area (Å²) in [7, 11) is 0. The Hall–Kier alpha value is -2.25. The SMILES string of the molecule is Cc1cn2nc(-c3cn4cc(C5CCNCC5)nc4s3)ccc2n1. The molecule has 5 rings (SSSR count). The van der Waals surface area contributed by atoms with Crippen LogP contribution < -0.4 is 5.32 Å². The average Bonchev–Trinajstić information content (AvgIpc) is 3.26. The van der Waals surface area contributed by atoms with E-state index in [0.29, 0.717) is 5.92 Å². The Morgan fingerprint density at radius 1 is 1.12 bits per heavy atom. The number of aryl methyl sites for hydroxylation is 1. The molecule has 0 radical (unpaired) electrons. The Morgan fingerprint density at radius 3 is 2.83 bits per heavy atom. The number of imidazole rings is 2. The van der Waals surface area contributed by atoms with Crippen molar-refractivity contribution >= 4 is 21.9 Å².